The Morgan fingerprint density at radius 1 is 0.947 bits per heavy atom. The van der Waals surface area contributed by atoms with Gasteiger partial charge in [-0.05, 0) is 30.3 Å². The predicted molar refractivity (Wildman–Crippen MR) is 74.3 cm³/mol. The third-order valence-corrected chi connectivity index (χ3v) is 3.08. The van der Waals surface area contributed by atoms with Crippen molar-refractivity contribution in [2.75, 3.05) is 0 Å². The average Bonchev–Trinajstić information content (AvgIpc) is 2.47. The minimum Gasteiger partial charge on any atom is -0.233 e. The summed E-state index contributed by atoms with van der Waals surface area (Å²) >= 11 is 0. The molecule has 0 atom stereocenters. The summed E-state index contributed by atoms with van der Waals surface area (Å²) in [5.41, 5.74) is 2.70. The van der Waals surface area contributed by atoms with Crippen molar-refractivity contribution in [1.82, 2.24) is 9.97 Å². The number of rotatable bonds is 2. The molecular formula is C16H13FN2. The maximum absolute atomic E-state index is 13.0. The molecule has 0 aliphatic heterocycles. The molecule has 0 bridgehead atoms. The Hall–Kier alpha value is -2.29. The van der Waals surface area contributed by atoms with Gasteiger partial charge in [0.05, 0.1) is 11.2 Å². The van der Waals surface area contributed by atoms with Gasteiger partial charge >= 0.3 is 0 Å². The topological polar surface area (TPSA) is 25.8 Å². The fourth-order valence-electron chi connectivity index (χ4n) is 2.11. The van der Waals surface area contributed by atoms with Gasteiger partial charge in [0.2, 0.25) is 0 Å². The first-order valence-corrected chi connectivity index (χ1v) is 6.29. The van der Waals surface area contributed by atoms with Gasteiger partial charge in [-0.15, -0.1) is 0 Å². The third kappa shape index (κ3) is 2.19. The van der Waals surface area contributed by atoms with Gasteiger partial charge in [-0.25, -0.2) is 14.4 Å². The van der Waals surface area contributed by atoms with Crippen molar-refractivity contribution in [3.63, 3.8) is 0 Å². The molecule has 0 N–H and O–H groups in total. The molecule has 0 amide bonds. The largest absolute Gasteiger partial charge is 0.233 e. The van der Waals surface area contributed by atoms with Crippen molar-refractivity contribution in [1.29, 1.82) is 0 Å². The van der Waals surface area contributed by atoms with Gasteiger partial charge in [-0.3, -0.25) is 0 Å². The highest BCUT2D eigenvalue weighted by Crippen LogP contribution is 2.26. The second-order valence-electron chi connectivity index (χ2n) is 4.37. The lowest BCUT2D eigenvalue weighted by Gasteiger charge is -2.08. The molecule has 3 rings (SSSR count). The standard InChI is InChI=1S/C16H13FN2/c1-2-15-18-14-6-4-3-5-13(14)16(19-15)11-7-9-12(17)10-8-11/h3-10H,2H2,1H3. The Balaban J connectivity index is 2.29. The minimum absolute atomic E-state index is 0.238. The first-order valence-electron chi connectivity index (χ1n) is 6.29. The number of aromatic nitrogens is 2. The molecule has 0 fully saturated rings. The van der Waals surface area contributed by atoms with Gasteiger partial charge < -0.3 is 0 Å². The molecule has 0 unspecified atom stereocenters. The zero-order valence-electron chi connectivity index (χ0n) is 10.6. The molecule has 0 saturated heterocycles. The average molecular weight is 252 g/mol. The molecule has 2 aromatic carbocycles. The highest BCUT2D eigenvalue weighted by atomic mass is 19.1. The molecule has 0 aliphatic rings. The quantitative estimate of drug-likeness (QED) is 0.689. The van der Waals surface area contributed by atoms with E-state index in [2.05, 4.69) is 9.97 Å². The van der Waals surface area contributed by atoms with Crippen LogP contribution >= 0.6 is 0 Å². The Bertz CT molecular complexity index is 720. The lowest BCUT2D eigenvalue weighted by Crippen LogP contribution is -1.97. The number of halogens is 1. The van der Waals surface area contributed by atoms with Gasteiger partial charge in [0.1, 0.15) is 11.6 Å². The second kappa shape index (κ2) is 4.76. The van der Waals surface area contributed by atoms with Crippen LogP contribution in [0, 0.1) is 5.82 Å². The van der Waals surface area contributed by atoms with Crippen LogP contribution in [0.2, 0.25) is 0 Å². The van der Waals surface area contributed by atoms with Gasteiger partial charge in [0.15, 0.2) is 0 Å². The first-order chi connectivity index (χ1) is 9.28. The predicted octanol–water partition coefficient (Wildman–Crippen LogP) is 4.00. The van der Waals surface area contributed by atoms with E-state index in [0.717, 1.165) is 34.4 Å². The molecule has 94 valence electrons. The molecule has 0 spiro atoms. The van der Waals surface area contributed by atoms with Gasteiger partial charge in [-0.2, -0.15) is 0 Å². The summed E-state index contributed by atoms with van der Waals surface area (Å²) < 4.78 is 13.0. The Labute approximate surface area is 111 Å². The van der Waals surface area contributed by atoms with Crippen LogP contribution in [-0.4, -0.2) is 9.97 Å². The van der Waals surface area contributed by atoms with E-state index in [1.165, 1.54) is 12.1 Å². The number of hydrogen-bond donors (Lipinski definition) is 0. The molecule has 2 nitrogen and oxygen atoms in total. The number of fused-ring (bicyclic) bond motifs is 1. The van der Waals surface area contributed by atoms with E-state index in [-0.39, 0.29) is 5.82 Å². The lowest BCUT2D eigenvalue weighted by atomic mass is 10.1. The second-order valence-corrected chi connectivity index (χ2v) is 4.37. The van der Waals surface area contributed by atoms with Crippen LogP contribution in [0.25, 0.3) is 22.2 Å². The fraction of sp³-hybridized carbons (Fsp3) is 0.125. The van der Waals surface area contributed by atoms with Crippen LogP contribution < -0.4 is 0 Å². The maximum Gasteiger partial charge on any atom is 0.129 e. The zero-order valence-corrected chi connectivity index (χ0v) is 10.6. The van der Waals surface area contributed by atoms with E-state index in [0.29, 0.717) is 0 Å². The minimum atomic E-state index is -0.238. The van der Waals surface area contributed by atoms with E-state index < -0.39 is 0 Å². The number of aryl methyl sites for hydroxylation is 1. The van der Waals surface area contributed by atoms with E-state index in [4.69, 9.17) is 0 Å². The van der Waals surface area contributed by atoms with E-state index >= 15 is 0 Å². The summed E-state index contributed by atoms with van der Waals surface area (Å²) in [7, 11) is 0. The fourth-order valence-corrected chi connectivity index (χ4v) is 2.11. The summed E-state index contributed by atoms with van der Waals surface area (Å²) in [6.45, 7) is 2.03. The Kier molecular flexibility index (Phi) is 2.95. The van der Waals surface area contributed by atoms with E-state index in [1.807, 2.05) is 31.2 Å². The van der Waals surface area contributed by atoms with Crippen molar-refractivity contribution in [2.24, 2.45) is 0 Å². The highest BCUT2D eigenvalue weighted by molar-refractivity contribution is 5.92. The van der Waals surface area contributed by atoms with Gasteiger partial charge in [-0.1, -0.05) is 25.1 Å². The molecule has 19 heavy (non-hydrogen) atoms. The van der Waals surface area contributed by atoms with Crippen molar-refractivity contribution in [3.05, 3.63) is 60.2 Å². The molecule has 3 aromatic rings. The molecule has 1 heterocycles. The van der Waals surface area contributed by atoms with Crippen LogP contribution in [0.1, 0.15) is 12.7 Å². The van der Waals surface area contributed by atoms with Crippen LogP contribution in [0.4, 0.5) is 4.39 Å². The van der Waals surface area contributed by atoms with E-state index in [1.54, 1.807) is 12.1 Å². The van der Waals surface area contributed by atoms with E-state index in [9.17, 15) is 4.39 Å². The van der Waals surface area contributed by atoms with Crippen molar-refractivity contribution in [2.45, 2.75) is 13.3 Å². The molecule has 0 aliphatic carbocycles. The van der Waals surface area contributed by atoms with Gasteiger partial charge in [0, 0.05) is 17.4 Å². The monoisotopic (exact) mass is 252 g/mol. The lowest BCUT2D eigenvalue weighted by molar-refractivity contribution is 0.628. The number of hydrogen-bond acceptors (Lipinski definition) is 2. The summed E-state index contributed by atoms with van der Waals surface area (Å²) in [5.74, 6) is 0.566. The SMILES string of the molecule is CCc1nc(-c2ccc(F)cc2)c2ccccc2n1. The van der Waals surface area contributed by atoms with Crippen molar-refractivity contribution in [3.8, 4) is 11.3 Å². The highest BCUT2D eigenvalue weighted by Gasteiger charge is 2.08. The van der Waals surface area contributed by atoms with Crippen LogP contribution in [-0.2, 0) is 6.42 Å². The molecular weight excluding hydrogens is 239 g/mol. The first kappa shape index (κ1) is 11.8. The summed E-state index contributed by atoms with van der Waals surface area (Å²) in [5, 5.41) is 0.992. The number of benzene rings is 2. The Morgan fingerprint density at radius 2 is 1.68 bits per heavy atom. The Morgan fingerprint density at radius 3 is 2.42 bits per heavy atom. The number of para-hydroxylation sites is 1. The molecule has 3 heteroatoms. The third-order valence-electron chi connectivity index (χ3n) is 3.08. The molecule has 0 radical (unpaired) electrons. The molecule has 0 saturated carbocycles. The zero-order chi connectivity index (χ0) is 13.2. The summed E-state index contributed by atoms with van der Waals surface area (Å²) in [4.78, 5) is 9.10. The van der Waals surface area contributed by atoms with Crippen LogP contribution in [0.5, 0.6) is 0 Å². The maximum atomic E-state index is 13.0. The normalized spacial score (nSPS) is 10.8. The van der Waals surface area contributed by atoms with Gasteiger partial charge in [0.25, 0.3) is 0 Å². The number of nitrogens with zero attached hydrogens (tertiary/aromatic N) is 2. The smallest absolute Gasteiger partial charge is 0.129 e. The van der Waals surface area contributed by atoms with Crippen molar-refractivity contribution < 1.29 is 4.39 Å². The molecule has 1 aromatic heterocycles. The van der Waals surface area contributed by atoms with Crippen LogP contribution in [0.3, 0.4) is 0 Å². The van der Waals surface area contributed by atoms with Crippen molar-refractivity contribution >= 4 is 10.9 Å². The van der Waals surface area contributed by atoms with Crippen LogP contribution in [0.15, 0.2) is 48.5 Å². The summed E-state index contributed by atoms with van der Waals surface area (Å²) in [6, 6.07) is 14.3. The summed E-state index contributed by atoms with van der Waals surface area (Å²) in [6.07, 6.45) is 0.777.